The predicted octanol–water partition coefficient (Wildman–Crippen LogP) is 0.936. The summed E-state index contributed by atoms with van der Waals surface area (Å²) in [5, 5.41) is 2.73. The van der Waals surface area contributed by atoms with Crippen LogP contribution in [0.15, 0.2) is 29.2 Å². The minimum absolute atomic E-state index is 0.110. The number of nitrogens with zero attached hydrogens (tertiary/aromatic N) is 1. The van der Waals surface area contributed by atoms with Crippen molar-refractivity contribution in [1.82, 2.24) is 10.2 Å². The van der Waals surface area contributed by atoms with Gasteiger partial charge in [-0.25, -0.2) is 0 Å². The standard InChI is InChI=1S/C12H14N2O2S/c1-8-11(15)13-6-7-14(8)12(16)9-4-2-3-5-10(9)17/h2-5,8,17H,6-7H2,1H3,(H,13,15). The number of piperazine rings is 1. The van der Waals surface area contributed by atoms with Gasteiger partial charge in [-0.1, -0.05) is 12.1 Å². The molecule has 1 N–H and O–H groups in total. The number of carbonyl (C=O) groups excluding carboxylic acids is 2. The van der Waals surface area contributed by atoms with E-state index >= 15 is 0 Å². The van der Waals surface area contributed by atoms with E-state index in [0.717, 1.165) is 0 Å². The lowest BCUT2D eigenvalue weighted by atomic mass is 10.1. The van der Waals surface area contributed by atoms with E-state index in [9.17, 15) is 9.59 Å². The Morgan fingerprint density at radius 3 is 2.88 bits per heavy atom. The van der Waals surface area contributed by atoms with E-state index in [-0.39, 0.29) is 11.8 Å². The second-order valence-electron chi connectivity index (χ2n) is 3.98. The summed E-state index contributed by atoms with van der Waals surface area (Å²) in [7, 11) is 0. The topological polar surface area (TPSA) is 49.4 Å². The van der Waals surface area contributed by atoms with Crippen molar-refractivity contribution >= 4 is 24.4 Å². The van der Waals surface area contributed by atoms with E-state index < -0.39 is 6.04 Å². The first-order valence-electron chi connectivity index (χ1n) is 5.48. The van der Waals surface area contributed by atoms with Crippen LogP contribution in [0.5, 0.6) is 0 Å². The van der Waals surface area contributed by atoms with Gasteiger partial charge in [0.15, 0.2) is 0 Å². The lowest BCUT2D eigenvalue weighted by Crippen LogP contribution is -2.55. The third-order valence-corrected chi connectivity index (χ3v) is 3.28. The fraction of sp³-hybridized carbons (Fsp3) is 0.333. The lowest BCUT2D eigenvalue weighted by Gasteiger charge is -2.33. The third-order valence-electron chi connectivity index (χ3n) is 2.89. The monoisotopic (exact) mass is 250 g/mol. The van der Waals surface area contributed by atoms with Crippen molar-refractivity contribution in [2.75, 3.05) is 13.1 Å². The number of benzene rings is 1. The molecular formula is C12H14N2O2S. The number of rotatable bonds is 1. The Bertz CT molecular complexity index is 462. The average Bonchev–Trinajstić information content (AvgIpc) is 2.32. The molecule has 1 unspecified atom stereocenters. The van der Waals surface area contributed by atoms with Crippen LogP contribution in [-0.2, 0) is 4.79 Å². The Morgan fingerprint density at radius 1 is 1.47 bits per heavy atom. The van der Waals surface area contributed by atoms with Gasteiger partial charge >= 0.3 is 0 Å². The van der Waals surface area contributed by atoms with Crippen molar-refractivity contribution in [1.29, 1.82) is 0 Å². The van der Waals surface area contributed by atoms with Gasteiger partial charge < -0.3 is 10.2 Å². The third kappa shape index (κ3) is 2.29. The molecule has 0 aromatic heterocycles. The molecule has 2 amide bonds. The van der Waals surface area contributed by atoms with Gasteiger partial charge in [0, 0.05) is 18.0 Å². The Balaban J connectivity index is 2.26. The molecule has 0 radical (unpaired) electrons. The van der Waals surface area contributed by atoms with Crippen molar-refractivity contribution < 1.29 is 9.59 Å². The molecule has 90 valence electrons. The molecule has 1 heterocycles. The first-order valence-corrected chi connectivity index (χ1v) is 5.92. The van der Waals surface area contributed by atoms with E-state index in [2.05, 4.69) is 17.9 Å². The molecule has 2 rings (SSSR count). The first-order chi connectivity index (χ1) is 8.11. The molecule has 17 heavy (non-hydrogen) atoms. The van der Waals surface area contributed by atoms with Crippen LogP contribution in [0.1, 0.15) is 17.3 Å². The van der Waals surface area contributed by atoms with Crippen LogP contribution >= 0.6 is 12.6 Å². The van der Waals surface area contributed by atoms with Crippen LogP contribution in [0.2, 0.25) is 0 Å². The van der Waals surface area contributed by atoms with E-state index in [1.54, 1.807) is 30.0 Å². The molecule has 1 aromatic carbocycles. The minimum atomic E-state index is -0.427. The molecule has 1 aliphatic rings. The smallest absolute Gasteiger partial charge is 0.255 e. The summed E-state index contributed by atoms with van der Waals surface area (Å²) in [6.45, 7) is 2.77. The van der Waals surface area contributed by atoms with Gasteiger partial charge in [-0.3, -0.25) is 9.59 Å². The number of thiol groups is 1. The molecule has 1 fully saturated rings. The number of carbonyl (C=O) groups is 2. The van der Waals surface area contributed by atoms with Crippen molar-refractivity contribution in [3.8, 4) is 0 Å². The highest BCUT2D eigenvalue weighted by atomic mass is 32.1. The lowest BCUT2D eigenvalue weighted by molar-refractivity contribution is -0.127. The molecule has 5 heteroatoms. The second-order valence-corrected chi connectivity index (χ2v) is 4.46. The Morgan fingerprint density at radius 2 is 2.18 bits per heavy atom. The fourth-order valence-corrected chi connectivity index (χ4v) is 2.13. The zero-order valence-corrected chi connectivity index (χ0v) is 10.4. The SMILES string of the molecule is CC1C(=O)NCCN1C(=O)c1ccccc1S. The van der Waals surface area contributed by atoms with Crippen LogP contribution in [0.3, 0.4) is 0 Å². The normalized spacial score (nSPS) is 20.0. The summed E-state index contributed by atoms with van der Waals surface area (Å²) in [6, 6.07) is 6.69. The van der Waals surface area contributed by atoms with E-state index in [1.165, 1.54) is 0 Å². The number of hydrogen-bond acceptors (Lipinski definition) is 3. The molecule has 0 saturated carbocycles. The Labute approximate surface area is 105 Å². The molecule has 1 aromatic rings. The van der Waals surface area contributed by atoms with E-state index in [1.807, 2.05) is 6.07 Å². The van der Waals surface area contributed by atoms with Gasteiger partial charge in [0.1, 0.15) is 6.04 Å². The van der Waals surface area contributed by atoms with E-state index in [4.69, 9.17) is 0 Å². The summed E-state index contributed by atoms with van der Waals surface area (Å²) in [5.41, 5.74) is 0.539. The van der Waals surface area contributed by atoms with Crippen molar-refractivity contribution in [3.05, 3.63) is 29.8 Å². The second kappa shape index (κ2) is 4.79. The summed E-state index contributed by atoms with van der Waals surface area (Å²) in [5.74, 6) is -0.251. The summed E-state index contributed by atoms with van der Waals surface area (Å²) < 4.78 is 0. The van der Waals surface area contributed by atoms with Crippen molar-refractivity contribution in [2.45, 2.75) is 17.9 Å². The van der Waals surface area contributed by atoms with Crippen LogP contribution < -0.4 is 5.32 Å². The summed E-state index contributed by atoms with van der Waals surface area (Å²) in [4.78, 5) is 26.0. The molecule has 0 spiro atoms. The highest BCUT2D eigenvalue weighted by Gasteiger charge is 2.30. The highest BCUT2D eigenvalue weighted by molar-refractivity contribution is 7.80. The average molecular weight is 250 g/mol. The first kappa shape index (κ1) is 12.0. The molecule has 0 aliphatic carbocycles. The number of nitrogens with one attached hydrogen (secondary N) is 1. The molecule has 1 atom stereocenters. The quantitative estimate of drug-likeness (QED) is 0.729. The zero-order valence-electron chi connectivity index (χ0n) is 9.51. The van der Waals surface area contributed by atoms with Crippen LogP contribution in [0, 0.1) is 0 Å². The van der Waals surface area contributed by atoms with Crippen LogP contribution in [-0.4, -0.2) is 35.8 Å². The number of amides is 2. The Hall–Kier alpha value is -1.49. The fourth-order valence-electron chi connectivity index (χ4n) is 1.87. The molecular weight excluding hydrogens is 236 g/mol. The van der Waals surface area contributed by atoms with Crippen LogP contribution in [0.25, 0.3) is 0 Å². The van der Waals surface area contributed by atoms with Gasteiger partial charge in [0.25, 0.3) is 5.91 Å². The highest BCUT2D eigenvalue weighted by Crippen LogP contribution is 2.17. The van der Waals surface area contributed by atoms with Gasteiger partial charge in [-0.15, -0.1) is 12.6 Å². The molecule has 1 aliphatic heterocycles. The molecule has 1 saturated heterocycles. The van der Waals surface area contributed by atoms with Crippen molar-refractivity contribution in [3.63, 3.8) is 0 Å². The maximum Gasteiger partial charge on any atom is 0.255 e. The van der Waals surface area contributed by atoms with Crippen LogP contribution in [0.4, 0.5) is 0 Å². The molecule has 4 nitrogen and oxygen atoms in total. The predicted molar refractivity (Wildman–Crippen MR) is 67.2 cm³/mol. The van der Waals surface area contributed by atoms with Crippen molar-refractivity contribution in [2.24, 2.45) is 0 Å². The van der Waals surface area contributed by atoms with Gasteiger partial charge in [-0.05, 0) is 19.1 Å². The summed E-state index contributed by atoms with van der Waals surface area (Å²) in [6.07, 6.45) is 0. The molecule has 0 bridgehead atoms. The van der Waals surface area contributed by atoms with Gasteiger partial charge in [-0.2, -0.15) is 0 Å². The number of hydrogen-bond donors (Lipinski definition) is 2. The minimum Gasteiger partial charge on any atom is -0.353 e. The van der Waals surface area contributed by atoms with E-state index in [0.29, 0.717) is 23.5 Å². The van der Waals surface area contributed by atoms with Gasteiger partial charge in [0.2, 0.25) is 5.91 Å². The Kier molecular flexibility index (Phi) is 3.38. The maximum absolute atomic E-state index is 12.3. The largest absolute Gasteiger partial charge is 0.353 e. The maximum atomic E-state index is 12.3. The summed E-state index contributed by atoms with van der Waals surface area (Å²) >= 11 is 4.26. The van der Waals surface area contributed by atoms with Gasteiger partial charge in [0.05, 0.1) is 5.56 Å². The zero-order chi connectivity index (χ0) is 12.4.